The van der Waals surface area contributed by atoms with Crippen molar-refractivity contribution < 1.29 is 9.84 Å². The SMILES string of the molecule is N=c1ccccc(CCS(=O)(=O)c2ccccc2)n1.[H+]. The van der Waals surface area contributed by atoms with Gasteiger partial charge < -0.3 is 0 Å². The minimum atomic E-state index is -3.29. The molecule has 0 saturated heterocycles. The molecule has 0 amide bonds. The molecule has 0 aliphatic rings. The van der Waals surface area contributed by atoms with Crippen molar-refractivity contribution in [2.45, 2.75) is 11.3 Å². The standard InChI is InChI=1S/C14H14N2O2S/c15-14-9-5-4-6-12(16-14)10-11-19(17,18)13-7-2-1-3-8-13/h1-9,15H,10-11H2/p+1. The Bertz CT molecular complexity index is 718. The molecular weight excluding hydrogens is 260 g/mol. The van der Waals surface area contributed by atoms with Crippen LogP contribution in [-0.4, -0.2) is 19.2 Å². The number of benzene rings is 1. The van der Waals surface area contributed by atoms with Crippen LogP contribution in [0.25, 0.3) is 0 Å². The van der Waals surface area contributed by atoms with Gasteiger partial charge in [-0.25, -0.2) is 13.4 Å². The highest BCUT2D eigenvalue weighted by Crippen LogP contribution is 2.11. The monoisotopic (exact) mass is 275 g/mol. The largest absolute Gasteiger partial charge is 1.00 e. The van der Waals surface area contributed by atoms with Crippen LogP contribution in [0.5, 0.6) is 0 Å². The summed E-state index contributed by atoms with van der Waals surface area (Å²) in [6.07, 6.45) is 0.303. The van der Waals surface area contributed by atoms with Gasteiger partial charge in [-0.15, -0.1) is 0 Å². The molecule has 0 aliphatic carbocycles. The fraction of sp³-hybridized carbons (Fsp3) is 0.143. The lowest BCUT2D eigenvalue weighted by Gasteiger charge is -2.03. The summed E-state index contributed by atoms with van der Waals surface area (Å²) in [6, 6.07) is 15.1. The number of nitrogens with zero attached hydrogens (tertiary/aromatic N) is 1. The van der Waals surface area contributed by atoms with Crippen molar-refractivity contribution in [2.75, 3.05) is 5.75 Å². The molecule has 1 aromatic heterocycles. The Morgan fingerprint density at radius 1 is 1.00 bits per heavy atom. The number of rotatable bonds is 4. The molecule has 0 unspecified atom stereocenters. The zero-order valence-corrected chi connectivity index (χ0v) is 11.1. The molecule has 1 heterocycles. The predicted octanol–water partition coefficient (Wildman–Crippen LogP) is 1.69. The van der Waals surface area contributed by atoms with Crippen LogP contribution in [-0.2, 0) is 16.3 Å². The third-order valence-electron chi connectivity index (χ3n) is 2.65. The first-order chi connectivity index (χ1) is 9.08. The molecule has 0 fully saturated rings. The first kappa shape index (κ1) is 13.4. The van der Waals surface area contributed by atoms with Crippen LogP contribution in [0.4, 0.5) is 0 Å². The third-order valence-corrected chi connectivity index (χ3v) is 4.38. The number of sulfone groups is 1. The smallest absolute Gasteiger partial charge is 0.283 e. The summed E-state index contributed by atoms with van der Waals surface area (Å²) in [5.41, 5.74) is 0.742. The van der Waals surface area contributed by atoms with Crippen LogP contribution >= 0.6 is 0 Å². The molecule has 0 radical (unpaired) electrons. The first-order valence-electron chi connectivity index (χ1n) is 5.86. The molecule has 98 valence electrons. The Balaban J connectivity index is 0.00000200. The lowest BCUT2D eigenvalue weighted by molar-refractivity contribution is 0.595. The van der Waals surface area contributed by atoms with Crippen LogP contribution in [0.2, 0.25) is 0 Å². The molecule has 19 heavy (non-hydrogen) atoms. The number of hydrogen-bond donors (Lipinski definition) is 1. The second kappa shape index (κ2) is 5.75. The van der Waals surface area contributed by atoms with E-state index in [1.54, 1.807) is 54.6 Å². The van der Waals surface area contributed by atoms with Crippen LogP contribution in [0.3, 0.4) is 0 Å². The summed E-state index contributed by atoms with van der Waals surface area (Å²) in [4.78, 5) is 4.36. The van der Waals surface area contributed by atoms with Crippen molar-refractivity contribution in [2.24, 2.45) is 0 Å². The highest BCUT2D eigenvalue weighted by Gasteiger charge is 2.13. The van der Waals surface area contributed by atoms with Gasteiger partial charge in [0.05, 0.1) is 10.6 Å². The fourth-order valence-corrected chi connectivity index (χ4v) is 2.95. The first-order valence-corrected chi connectivity index (χ1v) is 7.52. The van der Waals surface area contributed by atoms with E-state index in [0.29, 0.717) is 17.0 Å². The van der Waals surface area contributed by atoms with E-state index in [1.165, 1.54) is 0 Å². The number of aryl methyl sites for hydroxylation is 1. The van der Waals surface area contributed by atoms with Gasteiger partial charge in [-0.1, -0.05) is 30.3 Å². The van der Waals surface area contributed by atoms with E-state index >= 15 is 0 Å². The van der Waals surface area contributed by atoms with Gasteiger partial charge >= 0.3 is 1.43 Å². The van der Waals surface area contributed by atoms with Gasteiger partial charge in [0.15, 0.2) is 9.84 Å². The van der Waals surface area contributed by atoms with Crippen molar-refractivity contribution in [1.82, 2.24) is 4.98 Å². The van der Waals surface area contributed by atoms with Gasteiger partial charge in [-0.3, -0.25) is 5.41 Å². The molecule has 0 bridgehead atoms. The lowest BCUT2D eigenvalue weighted by Crippen LogP contribution is -2.11. The summed E-state index contributed by atoms with van der Waals surface area (Å²) in [5.74, 6) is -0.00648. The lowest BCUT2D eigenvalue weighted by atomic mass is 10.3. The Morgan fingerprint density at radius 2 is 1.63 bits per heavy atom. The highest BCUT2D eigenvalue weighted by molar-refractivity contribution is 7.91. The van der Waals surface area contributed by atoms with Crippen molar-refractivity contribution in [3.05, 3.63) is 65.8 Å². The van der Waals surface area contributed by atoms with Gasteiger partial charge in [-0.05, 0) is 24.3 Å². The van der Waals surface area contributed by atoms with Gasteiger partial charge in [0, 0.05) is 12.1 Å². The van der Waals surface area contributed by atoms with Crippen LogP contribution in [0, 0.1) is 5.41 Å². The normalized spacial score (nSPS) is 11.2. The minimum absolute atomic E-state index is 0. The Kier molecular flexibility index (Phi) is 4.06. The molecule has 1 aromatic carbocycles. The molecule has 0 aliphatic heterocycles. The van der Waals surface area contributed by atoms with Crippen molar-refractivity contribution in [3.8, 4) is 0 Å². The summed E-state index contributed by atoms with van der Waals surface area (Å²) in [5, 5.41) is 7.49. The number of aromatic nitrogens is 1. The van der Waals surface area contributed by atoms with E-state index in [9.17, 15) is 8.42 Å². The second-order valence-electron chi connectivity index (χ2n) is 4.09. The molecule has 5 heteroatoms. The van der Waals surface area contributed by atoms with Crippen molar-refractivity contribution >= 4 is 9.84 Å². The molecule has 2 rings (SSSR count). The molecule has 4 nitrogen and oxygen atoms in total. The van der Waals surface area contributed by atoms with Crippen molar-refractivity contribution in [1.29, 1.82) is 5.41 Å². The van der Waals surface area contributed by atoms with Crippen molar-refractivity contribution in [3.63, 3.8) is 0 Å². The van der Waals surface area contributed by atoms with E-state index in [-0.39, 0.29) is 12.7 Å². The predicted molar refractivity (Wildman–Crippen MR) is 73.4 cm³/mol. The third kappa shape index (κ3) is 3.72. The zero-order valence-electron chi connectivity index (χ0n) is 11.3. The van der Waals surface area contributed by atoms with Crippen LogP contribution in [0.1, 0.15) is 7.12 Å². The van der Waals surface area contributed by atoms with E-state index in [2.05, 4.69) is 4.98 Å². The Labute approximate surface area is 113 Å². The molecule has 1 N–H and O–H groups in total. The van der Waals surface area contributed by atoms with E-state index in [4.69, 9.17) is 5.41 Å². The average Bonchev–Trinajstić information content (AvgIpc) is 2.62. The quantitative estimate of drug-likeness (QED) is 0.923. The van der Waals surface area contributed by atoms with Gasteiger partial charge in [0.1, 0.15) is 5.49 Å². The average molecular weight is 275 g/mol. The Morgan fingerprint density at radius 3 is 2.37 bits per heavy atom. The van der Waals surface area contributed by atoms with Crippen LogP contribution in [0.15, 0.2) is 59.5 Å². The molecule has 2 aromatic rings. The number of hydrogen-bond acceptors (Lipinski definition) is 4. The molecule has 0 spiro atoms. The highest BCUT2D eigenvalue weighted by atomic mass is 32.2. The zero-order chi connectivity index (χ0) is 13.7. The minimum Gasteiger partial charge on any atom is -0.283 e. The molecule has 0 saturated carbocycles. The van der Waals surface area contributed by atoms with Crippen LogP contribution < -0.4 is 5.49 Å². The van der Waals surface area contributed by atoms with Gasteiger partial charge in [-0.2, -0.15) is 0 Å². The van der Waals surface area contributed by atoms with Gasteiger partial charge in [0.25, 0.3) is 0 Å². The second-order valence-corrected chi connectivity index (χ2v) is 6.20. The molecule has 0 atom stereocenters. The summed E-state index contributed by atoms with van der Waals surface area (Å²) in [6.45, 7) is 0. The summed E-state index contributed by atoms with van der Waals surface area (Å²) >= 11 is 0. The maximum absolute atomic E-state index is 12.1. The number of nitrogens with one attached hydrogen (secondary N) is 1. The fourth-order valence-electron chi connectivity index (χ4n) is 1.67. The maximum atomic E-state index is 12.1. The van der Waals surface area contributed by atoms with E-state index in [0.717, 1.165) is 0 Å². The summed E-state index contributed by atoms with van der Waals surface area (Å²) in [7, 11) is -3.29. The van der Waals surface area contributed by atoms with Gasteiger partial charge in [0.2, 0.25) is 0 Å². The summed E-state index contributed by atoms with van der Waals surface area (Å²) < 4.78 is 24.2. The maximum Gasteiger partial charge on any atom is 1.00 e. The topological polar surface area (TPSA) is 70.9 Å². The Hall–Kier alpha value is -2.01. The molecular formula is C14H15N2O2S+. The van der Waals surface area contributed by atoms with E-state index in [1.807, 2.05) is 0 Å². The van der Waals surface area contributed by atoms with E-state index < -0.39 is 9.84 Å².